The van der Waals surface area contributed by atoms with Gasteiger partial charge in [-0.05, 0) is 36.8 Å². The smallest absolute Gasteiger partial charge is 0.251 e. The van der Waals surface area contributed by atoms with E-state index in [1.54, 1.807) is 30.1 Å². The molecule has 2 aromatic carbocycles. The Hall–Kier alpha value is -3.08. The second kappa shape index (κ2) is 7.00. The Balaban J connectivity index is 1.66. The maximum Gasteiger partial charge on any atom is 0.251 e. The zero-order chi connectivity index (χ0) is 16.9. The van der Waals surface area contributed by atoms with Crippen molar-refractivity contribution in [1.82, 2.24) is 15.1 Å². The molecule has 0 saturated carbocycles. The fourth-order valence-electron chi connectivity index (χ4n) is 2.42. The molecule has 0 aliphatic heterocycles. The number of aryl methyl sites for hydroxylation is 1. The lowest BCUT2D eigenvalue weighted by molar-refractivity contribution is 0.0950. The number of nitrogens with one attached hydrogen (secondary N) is 1. The average molecular weight is 321 g/mol. The van der Waals surface area contributed by atoms with Crippen LogP contribution < -0.4 is 10.1 Å². The van der Waals surface area contributed by atoms with E-state index in [0.29, 0.717) is 17.9 Å². The van der Waals surface area contributed by atoms with Crippen LogP contribution in [0.3, 0.4) is 0 Å². The molecule has 5 nitrogen and oxygen atoms in total. The van der Waals surface area contributed by atoms with Crippen molar-refractivity contribution in [2.45, 2.75) is 13.5 Å². The number of methoxy groups -OCH3 is 1. The molecule has 1 amide bonds. The van der Waals surface area contributed by atoms with Gasteiger partial charge in [-0.3, -0.25) is 4.79 Å². The monoisotopic (exact) mass is 321 g/mol. The highest BCUT2D eigenvalue weighted by Crippen LogP contribution is 2.19. The molecule has 3 aromatic rings. The van der Waals surface area contributed by atoms with Crippen molar-refractivity contribution in [3.63, 3.8) is 0 Å². The molecule has 3 rings (SSSR count). The maximum atomic E-state index is 12.3. The van der Waals surface area contributed by atoms with Gasteiger partial charge in [0.25, 0.3) is 5.91 Å². The molecular formula is C19H19N3O2. The van der Waals surface area contributed by atoms with Crippen molar-refractivity contribution in [2.24, 2.45) is 0 Å². The first-order valence-electron chi connectivity index (χ1n) is 7.69. The summed E-state index contributed by atoms with van der Waals surface area (Å²) in [7, 11) is 1.60. The van der Waals surface area contributed by atoms with E-state index in [9.17, 15) is 4.79 Å². The van der Waals surface area contributed by atoms with Gasteiger partial charge in [0.05, 0.1) is 19.0 Å². The second-order valence-electron chi connectivity index (χ2n) is 5.50. The largest absolute Gasteiger partial charge is 0.496 e. The van der Waals surface area contributed by atoms with E-state index in [-0.39, 0.29) is 5.91 Å². The Morgan fingerprint density at radius 3 is 2.75 bits per heavy atom. The molecule has 24 heavy (non-hydrogen) atoms. The molecular weight excluding hydrogens is 302 g/mol. The molecule has 0 spiro atoms. The highest BCUT2D eigenvalue weighted by Gasteiger charge is 2.09. The van der Waals surface area contributed by atoms with Gasteiger partial charge in [0.15, 0.2) is 0 Å². The zero-order valence-corrected chi connectivity index (χ0v) is 13.7. The maximum absolute atomic E-state index is 12.3. The highest BCUT2D eigenvalue weighted by molar-refractivity contribution is 5.94. The van der Waals surface area contributed by atoms with Gasteiger partial charge in [-0.1, -0.05) is 24.3 Å². The number of carbonyl (C=O) groups is 1. The summed E-state index contributed by atoms with van der Waals surface area (Å²) >= 11 is 0. The number of amides is 1. The van der Waals surface area contributed by atoms with Crippen LogP contribution in [0.15, 0.2) is 60.9 Å². The summed E-state index contributed by atoms with van der Waals surface area (Å²) in [5.41, 5.74) is 3.50. The first kappa shape index (κ1) is 15.8. The van der Waals surface area contributed by atoms with Crippen LogP contribution in [0.4, 0.5) is 0 Å². The van der Waals surface area contributed by atoms with Gasteiger partial charge in [0.2, 0.25) is 0 Å². The molecule has 0 fully saturated rings. The lowest BCUT2D eigenvalue weighted by Crippen LogP contribution is -2.22. The summed E-state index contributed by atoms with van der Waals surface area (Å²) in [6.45, 7) is 2.36. The summed E-state index contributed by atoms with van der Waals surface area (Å²) in [5.74, 6) is 0.570. The molecule has 0 saturated heterocycles. The van der Waals surface area contributed by atoms with Gasteiger partial charge in [0.1, 0.15) is 5.75 Å². The fraction of sp³-hybridized carbons (Fsp3) is 0.158. The van der Waals surface area contributed by atoms with Crippen LogP contribution in [0.25, 0.3) is 5.69 Å². The van der Waals surface area contributed by atoms with Crippen molar-refractivity contribution in [1.29, 1.82) is 0 Å². The van der Waals surface area contributed by atoms with E-state index in [4.69, 9.17) is 4.74 Å². The van der Waals surface area contributed by atoms with E-state index in [1.165, 1.54) is 0 Å². The Bertz CT molecular complexity index is 841. The van der Waals surface area contributed by atoms with E-state index >= 15 is 0 Å². The number of rotatable bonds is 5. The van der Waals surface area contributed by atoms with Gasteiger partial charge >= 0.3 is 0 Å². The van der Waals surface area contributed by atoms with Gasteiger partial charge in [-0.15, -0.1) is 0 Å². The first-order valence-corrected chi connectivity index (χ1v) is 7.69. The van der Waals surface area contributed by atoms with Gasteiger partial charge in [-0.25, -0.2) is 4.68 Å². The van der Waals surface area contributed by atoms with Crippen LogP contribution in [-0.4, -0.2) is 22.8 Å². The number of ether oxygens (including phenoxy) is 1. The number of carbonyl (C=O) groups excluding carboxylic acids is 1. The molecule has 5 heteroatoms. The van der Waals surface area contributed by atoms with Crippen LogP contribution in [-0.2, 0) is 6.54 Å². The molecule has 0 unspecified atom stereocenters. The van der Waals surface area contributed by atoms with Crippen LogP contribution in [0.5, 0.6) is 5.75 Å². The molecule has 0 aliphatic rings. The minimum absolute atomic E-state index is 0.138. The number of hydrogen-bond acceptors (Lipinski definition) is 3. The SMILES string of the molecule is COc1cc(C(=O)NCc2cnn(-c3ccccc3)c2)ccc1C. The molecule has 0 aliphatic carbocycles. The standard InChI is InChI=1S/C19H19N3O2/c1-14-8-9-16(10-18(14)24-2)19(23)20-11-15-12-21-22(13-15)17-6-4-3-5-7-17/h3-10,12-13H,11H2,1-2H3,(H,20,23). The Morgan fingerprint density at radius 2 is 2.00 bits per heavy atom. The van der Waals surface area contributed by atoms with Crippen LogP contribution in [0.1, 0.15) is 21.5 Å². The van der Waals surface area contributed by atoms with E-state index in [1.807, 2.05) is 49.5 Å². The summed E-state index contributed by atoms with van der Waals surface area (Å²) in [6.07, 6.45) is 3.66. The van der Waals surface area contributed by atoms with Crippen LogP contribution in [0.2, 0.25) is 0 Å². The third-order valence-corrected chi connectivity index (χ3v) is 3.78. The first-order chi connectivity index (χ1) is 11.7. The normalized spacial score (nSPS) is 10.4. The Kier molecular flexibility index (Phi) is 4.61. The Labute approximate surface area is 140 Å². The minimum atomic E-state index is -0.138. The molecule has 0 radical (unpaired) electrons. The summed E-state index contributed by atoms with van der Waals surface area (Å²) in [6, 6.07) is 15.3. The number of benzene rings is 2. The Morgan fingerprint density at radius 1 is 1.21 bits per heavy atom. The predicted molar refractivity (Wildman–Crippen MR) is 92.5 cm³/mol. The number of nitrogens with zero attached hydrogens (tertiary/aromatic N) is 2. The lowest BCUT2D eigenvalue weighted by Gasteiger charge is -2.08. The molecule has 0 atom stereocenters. The zero-order valence-electron chi connectivity index (χ0n) is 13.7. The van der Waals surface area contributed by atoms with Crippen molar-refractivity contribution in [3.8, 4) is 11.4 Å². The summed E-state index contributed by atoms with van der Waals surface area (Å²) < 4.78 is 7.05. The van der Waals surface area contributed by atoms with Crippen LogP contribution in [0, 0.1) is 6.92 Å². The van der Waals surface area contributed by atoms with Gasteiger partial charge in [-0.2, -0.15) is 5.10 Å². The topological polar surface area (TPSA) is 56.1 Å². The average Bonchev–Trinajstić information content (AvgIpc) is 3.10. The number of aromatic nitrogens is 2. The quantitative estimate of drug-likeness (QED) is 0.785. The predicted octanol–water partition coefficient (Wildman–Crippen LogP) is 3.12. The molecule has 1 aromatic heterocycles. The second-order valence-corrected chi connectivity index (χ2v) is 5.50. The number of para-hydroxylation sites is 1. The van der Waals surface area contributed by atoms with Crippen molar-refractivity contribution in [2.75, 3.05) is 7.11 Å². The minimum Gasteiger partial charge on any atom is -0.496 e. The van der Waals surface area contributed by atoms with E-state index in [2.05, 4.69) is 10.4 Å². The van der Waals surface area contributed by atoms with Gasteiger partial charge < -0.3 is 10.1 Å². The lowest BCUT2D eigenvalue weighted by atomic mass is 10.1. The molecule has 1 N–H and O–H groups in total. The third kappa shape index (κ3) is 3.46. The fourth-order valence-corrected chi connectivity index (χ4v) is 2.42. The summed E-state index contributed by atoms with van der Waals surface area (Å²) in [5, 5.41) is 7.22. The third-order valence-electron chi connectivity index (χ3n) is 3.78. The highest BCUT2D eigenvalue weighted by atomic mass is 16.5. The van der Waals surface area contributed by atoms with E-state index in [0.717, 1.165) is 16.8 Å². The van der Waals surface area contributed by atoms with Crippen LogP contribution >= 0.6 is 0 Å². The molecule has 0 bridgehead atoms. The van der Waals surface area contributed by atoms with Gasteiger partial charge in [0, 0.05) is 23.9 Å². The van der Waals surface area contributed by atoms with Crippen molar-refractivity contribution < 1.29 is 9.53 Å². The summed E-state index contributed by atoms with van der Waals surface area (Å²) in [4.78, 5) is 12.3. The molecule has 122 valence electrons. The number of hydrogen-bond donors (Lipinski definition) is 1. The van der Waals surface area contributed by atoms with E-state index < -0.39 is 0 Å². The molecule has 1 heterocycles. The van der Waals surface area contributed by atoms with Crippen molar-refractivity contribution in [3.05, 3.63) is 77.6 Å². The van der Waals surface area contributed by atoms with Crippen molar-refractivity contribution >= 4 is 5.91 Å².